The lowest BCUT2D eigenvalue weighted by atomic mass is 10.0. The van der Waals surface area contributed by atoms with Crippen LogP contribution in [0.5, 0.6) is 5.75 Å². The maximum Gasteiger partial charge on any atom is 0.207 e. The van der Waals surface area contributed by atoms with Crippen LogP contribution in [0.2, 0.25) is 0 Å². The van der Waals surface area contributed by atoms with Crippen molar-refractivity contribution in [3.05, 3.63) is 29.1 Å². The van der Waals surface area contributed by atoms with Crippen LogP contribution in [0.4, 0.5) is 22.0 Å². The number of Topliss-reactive ketones (excluding diaryl/α,β-unsaturated/α-hetero) is 1. The Balaban J connectivity index is 3.00. The zero-order chi connectivity index (χ0) is 14.7. The van der Waals surface area contributed by atoms with E-state index in [4.69, 9.17) is 0 Å². The third kappa shape index (κ3) is 3.02. The van der Waals surface area contributed by atoms with E-state index in [0.29, 0.717) is 6.42 Å². The van der Waals surface area contributed by atoms with Crippen LogP contribution in [0.3, 0.4) is 0 Å². The van der Waals surface area contributed by atoms with Crippen molar-refractivity contribution < 1.29 is 31.5 Å². The van der Waals surface area contributed by atoms with E-state index in [2.05, 4.69) is 4.74 Å². The molecule has 1 aromatic carbocycles. The van der Waals surface area contributed by atoms with Gasteiger partial charge >= 0.3 is 0 Å². The van der Waals surface area contributed by atoms with Gasteiger partial charge in [-0.2, -0.15) is 8.78 Å². The maximum absolute atomic E-state index is 13.2. The van der Waals surface area contributed by atoms with Crippen molar-refractivity contribution in [2.45, 2.75) is 20.3 Å². The van der Waals surface area contributed by atoms with E-state index in [1.54, 1.807) is 13.8 Å². The molecule has 0 saturated carbocycles. The molecule has 0 amide bonds. The van der Waals surface area contributed by atoms with Crippen molar-refractivity contribution >= 4 is 5.78 Å². The van der Waals surface area contributed by atoms with E-state index >= 15 is 0 Å². The quantitative estimate of drug-likeness (QED) is 0.470. The first-order valence-electron chi connectivity index (χ1n) is 5.48. The predicted octanol–water partition coefficient (Wildman–Crippen LogP) is 3.38. The van der Waals surface area contributed by atoms with Crippen molar-refractivity contribution in [3.8, 4) is 5.75 Å². The Morgan fingerprint density at radius 3 is 1.84 bits per heavy atom. The summed E-state index contributed by atoms with van der Waals surface area (Å²) in [6, 6.07) is 0. The molecule has 1 rings (SSSR count). The number of carbonyl (C=O) groups is 1. The third-order valence-corrected chi connectivity index (χ3v) is 2.69. The molecule has 0 aliphatic carbocycles. The Bertz CT molecular complexity index is 472. The van der Waals surface area contributed by atoms with Crippen LogP contribution in [0.15, 0.2) is 0 Å². The topological polar surface area (TPSA) is 26.3 Å². The van der Waals surface area contributed by atoms with Gasteiger partial charge < -0.3 is 4.74 Å². The van der Waals surface area contributed by atoms with Gasteiger partial charge in [0.2, 0.25) is 29.1 Å². The standard InChI is InChI=1S/C12H11F5O2/c1-3-5(2)6(18)4-19-12-10(16)8(14)7(13)9(15)11(12)17/h5H,3-4H2,1-2H3. The molecule has 1 atom stereocenters. The summed E-state index contributed by atoms with van der Waals surface area (Å²) in [4.78, 5) is 11.4. The molecule has 0 aliphatic heterocycles. The molecule has 0 fully saturated rings. The minimum absolute atomic E-state index is 0.429. The van der Waals surface area contributed by atoms with Crippen molar-refractivity contribution in [1.29, 1.82) is 0 Å². The summed E-state index contributed by atoms with van der Waals surface area (Å²) in [5.41, 5.74) is 0. The highest BCUT2D eigenvalue weighted by molar-refractivity contribution is 5.82. The molecule has 1 unspecified atom stereocenters. The highest BCUT2D eigenvalue weighted by atomic mass is 19.2. The van der Waals surface area contributed by atoms with E-state index in [0.717, 1.165) is 0 Å². The summed E-state index contributed by atoms with van der Waals surface area (Å²) in [7, 11) is 0. The second-order valence-corrected chi connectivity index (χ2v) is 3.96. The molecule has 0 saturated heterocycles. The molecule has 0 radical (unpaired) electrons. The first-order chi connectivity index (χ1) is 8.81. The van der Waals surface area contributed by atoms with Crippen molar-refractivity contribution in [3.63, 3.8) is 0 Å². The van der Waals surface area contributed by atoms with Crippen LogP contribution in [0.25, 0.3) is 0 Å². The van der Waals surface area contributed by atoms with Crippen LogP contribution in [-0.2, 0) is 4.79 Å². The number of halogens is 5. The Kier molecular flexibility index (Phi) is 4.85. The van der Waals surface area contributed by atoms with Gasteiger partial charge in [0.05, 0.1) is 0 Å². The molecule has 0 heterocycles. The van der Waals surface area contributed by atoms with Gasteiger partial charge in [-0.1, -0.05) is 13.8 Å². The van der Waals surface area contributed by atoms with Crippen LogP contribution in [0.1, 0.15) is 20.3 Å². The third-order valence-electron chi connectivity index (χ3n) is 2.69. The number of hydrogen-bond donors (Lipinski definition) is 0. The van der Waals surface area contributed by atoms with Crippen molar-refractivity contribution in [2.24, 2.45) is 5.92 Å². The lowest BCUT2D eigenvalue weighted by Crippen LogP contribution is -2.20. The summed E-state index contributed by atoms with van der Waals surface area (Å²) in [6.45, 7) is 2.51. The van der Waals surface area contributed by atoms with E-state index in [1.807, 2.05) is 0 Å². The van der Waals surface area contributed by atoms with Crippen LogP contribution in [0, 0.1) is 35.0 Å². The second kappa shape index (κ2) is 5.99. The van der Waals surface area contributed by atoms with Gasteiger partial charge in [0, 0.05) is 5.92 Å². The molecule has 0 N–H and O–H groups in total. The van der Waals surface area contributed by atoms with Gasteiger partial charge in [-0.3, -0.25) is 4.79 Å². The number of rotatable bonds is 5. The van der Waals surface area contributed by atoms with Gasteiger partial charge in [-0.25, -0.2) is 13.2 Å². The molecular weight excluding hydrogens is 271 g/mol. The molecule has 0 aromatic heterocycles. The largest absolute Gasteiger partial charge is 0.480 e. The van der Waals surface area contributed by atoms with Gasteiger partial charge in [0.1, 0.15) is 6.61 Å². The van der Waals surface area contributed by atoms with Gasteiger partial charge in [0.25, 0.3) is 0 Å². The van der Waals surface area contributed by atoms with E-state index in [-0.39, 0.29) is 0 Å². The highest BCUT2D eigenvalue weighted by Crippen LogP contribution is 2.29. The van der Waals surface area contributed by atoms with Crippen molar-refractivity contribution in [2.75, 3.05) is 6.61 Å². The zero-order valence-corrected chi connectivity index (χ0v) is 10.2. The zero-order valence-electron chi connectivity index (χ0n) is 10.2. The van der Waals surface area contributed by atoms with Gasteiger partial charge in [-0.05, 0) is 6.42 Å². The minimum atomic E-state index is -2.27. The normalized spacial score (nSPS) is 12.4. The first-order valence-corrected chi connectivity index (χ1v) is 5.48. The predicted molar refractivity (Wildman–Crippen MR) is 56.2 cm³/mol. The first kappa shape index (κ1) is 15.4. The minimum Gasteiger partial charge on any atom is -0.480 e. The van der Waals surface area contributed by atoms with Crippen LogP contribution < -0.4 is 4.74 Å². The average molecular weight is 282 g/mol. The van der Waals surface area contributed by atoms with Gasteiger partial charge in [0.15, 0.2) is 11.5 Å². The lowest BCUT2D eigenvalue weighted by molar-refractivity contribution is -0.124. The summed E-state index contributed by atoms with van der Waals surface area (Å²) < 4.78 is 69.2. The SMILES string of the molecule is CCC(C)C(=O)COc1c(F)c(F)c(F)c(F)c1F. The summed E-state index contributed by atoms with van der Waals surface area (Å²) >= 11 is 0. The molecular formula is C12H11F5O2. The molecule has 0 spiro atoms. The van der Waals surface area contributed by atoms with Crippen molar-refractivity contribution in [1.82, 2.24) is 0 Å². The molecule has 19 heavy (non-hydrogen) atoms. The maximum atomic E-state index is 13.2. The fourth-order valence-electron chi connectivity index (χ4n) is 1.22. The van der Waals surface area contributed by atoms with Gasteiger partial charge in [-0.15, -0.1) is 0 Å². The van der Waals surface area contributed by atoms with E-state index in [9.17, 15) is 26.7 Å². The molecule has 0 aliphatic rings. The molecule has 7 heteroatoms. The van der Waals surface area contributed by atoms with E-state index < -0.39 is 53.1 Å². The van der Waals surface area contributed by atoms with E-state index in [1.165, 1.54) is 0 Å². The van der Waals surface area contributed by atoms with Crippen LogP contribution >= 0.6 is 0 Å². The second-order valence-electron chi connectivity index (χ2n) is 3.96. The Morgan fingerprint density at radius 1 is 1.00 bits per heavy atom. The Labute approximate surface area is 106 Å². The monoisotopic (exact) mass is 282 g/mol. The highest BCUT2D eigenvalue weighted by Gasteiger charge is 2.27. The summed E-state index contributed by atoms with van der Waals surface area (Å²) in [6.07, 6.45) is 0.472. The van der Waals surface area contributed by atoms with Crippen LogP contribution in [-0.4, -0.2) is 12.4 Å². The number of hydrogen-bond acceptors (Lipinski definition) is 2. The fraction of sp³-hybridized carbons (Fsp3) is 0.417. The number of ketones is 1. The smallest absolute Gasteiger partial charge is 0.207 e. The Hall–Kier alpha value is -1.66. The number of carbonyl (C=O) groups excluding carboxylic acids is 1. The number of ether oxygens (including phenoxy) is 1. The molecule has 106 valence electrons. The summed E-state index contributed by atoms with van der Waals surface area (Å²) in [5, 5.41) is 0. The average Bonchev–Trinajstić information content (AvgIpc) is 2.41. The fourth-order valence-corrected chi connectivity index (χ4v) is 1.22. The molecule has 0 bridgehead atoms. The summed E-state index contributed by atoms with van der Waals surface area (Å²) in [5.74, 6) is -13.0. The Morgan fingerprint density at radius 2 is 1.42 bits per heavy atom. The molecule has 2 nitrogen and oxygen atoms in total. The lowest BCUT2D eigenvalue weighted by Gasteiger charge is -2.11. The number of benzene rings is 1. The molecule has 1 aromatic rings.